The first-order valence-corrected chi connectivity index (χ1v) is 14.0. The number of anilines is 3. The lowest BCUT2D eigenvalue weighted by Crippen LogP contribution is -2.11. The monoisotopic (exact) mass is 507 g/mol. The van der Waals surface area contributed by atoms with Gasteiger partial charge in [0.1, 0.15) is 0 Å². The van der Waals surface area contributed by atoms with Gasteiger partial charge < -0.3 is 4.90 Å². The molecule has 0 bridgehead atoms. The van der Waals surface area contributed by atoms with Gasteiger partial charge in [-0.2, -0.15) is 0 Å². The second-order valence-corrected chi connectivity index (χ2v) is 11.0. The molecule has 0 saturated carbocycles. The number of rotatable bonds is 3. The van der Waals surface area contributed by atoms with E-state index in [0.29, 0.717) is 0 Å². The third-order valence-electron chi connectivity index (χ3n) is 8.82. The van der Waals surface area contributed by atoms with Crippen molar-refractivity contribution in [3.63, 3.8) is 0 Å². The van der Waals surface area contributed by atoms with Gasteiger partial charge in [-0.1, -0.05) is 115 Å². The maximum atomic E-state index is 2.47. The van der Waals surface area contributed by atoms with Gasteiger partial charge in [-0.05, 0) is 86.5 Å². The van der Waals surface area contributed by atoms with E-state index in [1.54, 1.807) is 0 Å². The van der Waals surface area contributed by atoms with Crippen molar-refractivity contribution >= 4 is 38.6 Å². The number of aryl methyl sites for hydroxylation is 1. The summed E-state index contributed by atoms with van der Waals surface area (Å²) in [5.74, 6) is 0. The molecule has 0 amide bonds. The van der Waals surface area contributed by atoms with Gasteiger partial charge in [0.2, 0.25) is 0 Å². The summed E-state index contributed by atoms with van der Waals surface area (Å²) in [5, 5.41) is 5.24. The van der Waals surface area contributed by atoms with Crippen LogP contribution in [0.1, 0.15) is 5.56 Å². The molecule has 2 aliphatic carbocycles. The molecule has 0 aromatic heterocycles. The molecule has 0 aliphatic heterocycles. The van der Waals surface area contributed by atoms with Gasteiger partial charge in [-0.3, -0.25) is 0 Å². The summed E-state index contributed by atoms with van der Waals surface area (Å²) in [7, 11) is 0. The molecule has 0 unspecified atom stereocenters. The van der Waals surface area contributed by atoms with Crippen LogP contribution in [0, 0.1) is 6.92 Å². The molecule has 0 radical (unpaired) electrons. The lowest BCUT2D eigenvalue weighted by molar-refractivity contribution is 1.30. The Morgan fingerprint density at radius 3 is 1.20 bits per heavy atom. The molecular formula is C39H25N. The minimum absolute atomic E-state index is 1.16. The van der Waals surface area contributed by atoms with Gasteiger partial charge in [-0.15, -0.1) is 0 Å². The van der Waals surface area contributed by atoms with Crippen LogP contribution in [0.4, 0.5) is 17.1 Å². The van der Waals surface area contributed by atoms with Gasteiger partial charge >= 0.3 is 0 Å². The molecule has 0 spiro atoms. The second kappa shape index (κ2) is 7.94. The predicted octanol–water partition coefficient (Wildman–Crippen LogP) is 11.1. The van der Waals surface area contributed by atoms with Crippen molar-refractivity contribution in [2.45, 2.75) is 6.92 Å². The van der Waals surface area contributed by atoms with E-state index in [9.17, 15) is 0 Å². The van der Waals surface area contributed by atoms with Crippen LogP contribution in [-0.2, 0) is 0 Å². The standard InChI is InChI=1S/C39H25N/c1-24-16-18-25(19-17-24)40(36-22-20-32-28-10-4-2-8-26(28)30-12-6-14-34(36)38(30)32)37-23-21-33-29-11-5-3-9-27(29)31-13-7-15-35(37)39(31)33/h2-23H,1H3. The van der Waals surface area contributed by atoms with Crippen molar-refractivity contribution in [3.8, 4) is 44.5 Å². The molecule has 0 N–H and O–H groups in total. The van der Waals surface area contributed by atoms with Crippen LogP contribution >= 0.6 is 0 Å². The highest BCUT2D eigenvalue weighted by atomic mass is 15.1. The van der Waals surface area contributed by atoms with E-state index in [4.69, 9.17) is 0 Å². The van der Waals surface area contributed by atoms with Crippen molar-refractivity contribution in [1.82, 2.24) is 0 Å². The number of hydrogen-bond acceptors (Lipinski definition) is 1. The van der Waals surface area contributed by atoms with E-state index in [1.165, 1.54) is 83.0 Å². The summed E-state index contributed by atoms with van der Waals surface area (Å²) >= 11 is 0. The van der Waals surface area contributed by atoms with Gasteiger partial charge in [0.15, 0.2) is 0 Å². The maximum Gasteiger partial charge on any atom is 0.0540 e. The van der Waals surface area contributed by atoms with E-state index in [2.05, 4.69) is 145 Å². The zero-order valence-electron chi connectivity index (χ0n) is 22.1. The first-order valence-electron chi connectivity index (χ1n) is 14.0. The summed E-state index contributed by atoms with van der Waals surface area (Å²) in [6, 6.07) is 49.4. The Hall–Kier alpha value is -5.14. The van der Waals surface area contributed by atoms with Crippen molar-refractivity contribution in [3.05, 3.63) is 139 Å². The smallest absolute Gasteiger partial charge is 0.0540 e. The topological polar surface area (TPSA) is 3.24 Å². The average Bonchev–Trinajstić information content (AvgIpc) is 3.51. The predicted molar refractivity (Wildman–Crippen MR) is 170 cm³/mol. The van der Waals surface area contributed by atoms with E-state index in [-0.39, 0.29) is 0 Å². The molecule has 7 aromatic carbocycles. The highest BCUT2D eigenvalue weighted by Crippen LogP contribution is 2.54. The zero-order valence-corrected chi connectivity index (χ0v) is 22.1. The van der Waals surface area contributed by atoms with Crippen molar-refractivity contribution in [2.75, 3.05) is 4.90 Å². The molecule has 1 heteroatoms. The third kappa shape index (κ3) is 2.81. The fourth-order valence-corrected chi connectivity index (χ4v) is 7.08. The molecule has 7 aromatic rings. The normalized spacial score (nSPS) is 12.1. The van der Waals surface area contributed by atoms with Crippen LogP contribution in [-0.4, -0.2) is 0 Å². The summed E-state index contributed by atoms with van der Waals surface area (Å²) in [6.45, 7) is 2.15. The van der Waals surface area contributed by atoms with Gasteiger partial charge in [0, 0.05) is 16.5 Å². The molecule has 0 heterocycles. The van der Waals surface area contributed by atoms with Crippen LogP contribution in [0.3, 0.4) is 0 Å². The second-order valence-electron chi connectivity index (χ2n) is 11.0. The fraction of sp³-hybridized carbons (Fsp3) is 0.0256. The summed E-state index contributed by atoms with van der Waals surface area (Å²) in [4.78, 5) is 2.47. The first kappa shape index (κ1) is 21.8. The van der Waals surface area contributed by atoms with Gasteiger partial charge in [0.25, 0.3) is 0 Å². The number of hydrogen-bond donors (Lipinski definition) is 0. The number of fused-ring (bicyclic) bond motifs is 6. The molecule has 40 heavy (non-hydrogen) atoms. The van der Waals surface area contributed by atoms with Gasteiger partial charge in [0.05, 0.1) is 11.4 Å². The summed E-state index contributed by atoms with van der Waals surface area (Å²) < 4.78 is 0. The van der Waals surface area contributed by atoms with Gasteiger partial charge in [-0.25, -0.2) is 0 Å². The van der Waals surface area contributed by atoms with Crippen LogP contribution < -0.4 is 4.90 Å². The SMILES string of the molecule is Cc1ccc(N(c2ccc3c4c(cccc24)-c2ccccc2-3)c2ccc3c4c(cccc24)-c2ccccc2-3)cc1. The number of nitrogens with zero attached hydrogens (tertiary/aromatic N) is 1. The highest BCUT2D eigenvalue weighted by Gasteiger charge is 2.27. The Morgan fingerprint density at radius 2 is 0.750 bits per heavy atom. The van der Waals surface area contributed by atoms with Crippen molar-refractivity contribution < 1.29 is 0 Å². The molecule has 1 nitrogen and oxygen atoms in total. The van der Waals surface area contributed by atoms with Crippen LogP contribution in [0.2, 0.25) is 0 Å². The lowest BCUT2D eigenvalue weighted by Gasteiger charge is -2.29. The largest absolute Gasteiger partial charge is 0.309 e. The molecule has 9 rings (SSSR count). The zero-order chi connectivity index (χ0) is 26.4. The van der Waals surface area contributed by atoms with Crippen molar-refractivity contribution in [1.29, 1.82) is 0 Å². The molecule has 0 saturated heterocycles. The third-order valence-corrected chi connectivity index (χ3v) is 8.82. The fourth-order valence-electron chi connectivity index (χ4n) is 7.08. The van der Waals surface area contributed by atoms with E-state index < -0.39 is 0 Å². The minimum atomic E-state index is 1.16. The Labute approximate surface area is 233 Å². The van der Waals surface area contributed by atoms with Crippen LogP contribution in [0.5, 0.6) is 0 Å². The Balaban J connectivity index is 1.36. The number of benzene rings is 7. The molecule has 0 atom stereocenters. The molecule has 0 fully saturated rings. The van der Waals surface area contributed by atoms with E-state index in [0.717, 1.165) is 5.69 Å². The molecular weight excluding hydrogens is 482 g/mol. The van der Waals surface area contributed by atoms with E-state index in [1.807, 2.05) is 0 Å². The van der Waals surface area contributed by atoms with Crippen LogP contribution in [0.15, 0.2) is 133 Å². The van der Waals surface area contributed by atoms with E-state index >= 15 is 0 Å². The van der Waals surface area contributed by atoms with Crippen LogP contribution in [0.25, 0.3) is 66.1 Å². The minimum Gasteiger partial charge on any atom is -0.309 e. The Bertz CT molecular complexity index is 1970. The molecule has 186 valence electrons. The highest BCUT2D eigenvalue weighted by molar-refractivity contribution is 6.22. The lowest BCUT2D eigenvalue weighted by atomic mass is 9.97. The summed E-state index contributed by atoms with van der Waals surface area (Å²) in [6.07, 6.45) is 0. The Kier molecular flexibility index (Phi) is 4.32. The molecule has 2 aliphatic rings. The maximum absolute atomic E-state index is 2.47. The summed E-state index contributed by atoms with van der Waals surface area (Å²) in [5.41, 5.74) is 15.4. The van der Waals surface area contributed by atoms with Crippen molar-refractivity contribution in [2.24, 2.45) is 0 Å². The first-order chi connectivity index (χ1) is 19.8. The Morgan fingerprint density at radius 1 is 0.350 bits per heavy atom. The quantitative estimate of drug-likeness (QED) is 0.230. The average molecular weight is 508 g/mol.